The van der Waals surface area contributed by atoms with Crippen LogP contribution in [-0.2, 0) is 14.3 Å². The fourth-order valence-corrected chi connectivity index (χ4v) is 3.40. The lowest BCUT2D eigenvalue weighted by atomic mass is 10.0. The molecule has 0 aliphatic heterocycles. The van der Waals surface area contributed by atoms with E-state index in [-0.39, 0.29) is 14.9 Å². The van der Waals surface area contributed by atoms with Crippen LogP contribution in [0, 0.1) is 9.39 Å². The number of amides is 2. The van der Waals surface area contributed by atoms with Gasteiger partial charge in [-0.2, -0.15) is 0 Å². The molecule has 4 N–H and O–H groups in total. The topological polar surface area (TPSA) is 105 Å². The van der Waals surface area contributed by atoms with E-state index < -0.39 is 29.0 Å². The minimum Gasteiger partial charge on any atom is -0.494 e. The first-order valence-electron chi connectivity index (χ1n) is 5.35. The summed E-state index contributed by atoms with van der Waals surface area (Å²) >= 11 is 4.89. The monoisotopic (exact) mass is 472 g/mol. The fourth-order valence-electron chi connectivity index (χ4n) is 1.64. The van der Waals surface area contributed by atoms with Crippen LogP contribution in [0.15, 0.2) is 16.3 Å². The number of carbonyl (C=O) groups excluding carboxylic acids is 2. The molecular formula is C12H11BrFIN2O4. The zero-order chi connectivity index (χ0) is 16.3. The average molecular weight is 473 g/mol. The molecule has 0 heterocycles. The molecule has 21 heavy (non-hydrogen) atoms. The second-order valence-electron chi connectivity index (χ2n) is 3.70. The number of methoxy groups -OCH3 is 2. The molecular weight excluding hydrogens is 462 g/mol. The molecule has 0 spiro atoms. The molecule has 0 fully saturated rings. The predicted octanol–water partition coefficient (Wildman–Crippen LogP) is 1.53. The summed E-state index contributed by atoms with van der Waals surface area (Å²) in [5, 5.41) is 0. The Morgan fingerprint density at radius 3 is 2.24 bits per heavy atom. The van der Waals surface area contributed by atoms with Gasteiger partial charge in [0.15, 0.2) is 5.76 Å². The van der Waals surface area contributed by atoms with Crippen molar-refractivity contribution in [2.45, 2.75) is 0 Å². The van der Waals surface area contributed by atoms with Crippen LogP contribution in [-0.4, -0.2) is 26.0 Å². The molecule has 0 aromatic heterocycles. The molecule has 1 aromatic carbocycles. The number of hydrogen-bond donors (Lipinski definition) is 2. The number of ether oxygens (including phenoxy) is 2. The van der Waals surface area contributed by atoms with Crippen LogP contribution in [0.1, 0.15) is 5.56 Å². The molecule has 0 bridgehead atoms. The van der Waals surface area contributed by atoms with E-state index in [1.54, 1.807) is 22.6 Å². The Kier molecular flexibility index (Phi) is 5.96. The molecule has 0 saturated carbocycles. The Hall–Kier alpha value is -1.36. The highest BCUT2D eigenvalue weighted by molar-refractivity contribution is 14.1. The van der Waals surface area contributed by atoms with Crippen molar-refractivity contribution in [3.63, 3.8) is 0 Å². The van der Waals surface area contributed by atoms with Crippen LogP contribution >= 0.6 is 38.5 Å². The van der Waals surface area contributed by atoms with Crippen molar-refractivity contribution in [1.82, 2.24) is 0 Å². The summed E-state index contributed by atoms with van der Waals surface area (Å²) in [4.78, 5) is 22.9. The van der Waals surface area contributed by atoms with E-state index >= 15 is 0 Å². The van der Waals surface area contributed by atoms with E-state index in [1.165, 1.54) is 13.2 Å². The summed E-state index contributed by atoms with van der Waals surface area (Å²) in [6, 6.07) is 1.26. The maximum atomic E-state index is 14.4. The van der Waals surface area contributed by atoms with Crippen molar-refractivity contribution >= 4 is 55.9 Å². The van der Waals surface area contributed by atoms with Gasteiger partial charge in [0.25, 0.3) is 11.8 Å². The first-order chi connectivity index (χ1) is 9.76. The number of nitrogens with two attached hydrogens (primary N) is 2. The Bertz CT molecular complexity index is 649. The maximum absolute atomic E-state index is 14.4. The van der Waals surface area contributed by atoms with Crippen LogP contribution in [0.4, 0.5) is 4.39 Å². The Balaban J connectivity index is 3.78. The van der Waals surface area contributed by atoms with Crippen molar-refractivity contribution in [1.29, 1.82) is 0 Å². The van der Waals surface area contributed by atoms with E-state index in [0.717, 1.165) is 7.11 Å². The van der Waals surface area contributed by atoms with E-state index in [9.17, 15) is 14.0 Å². The number of rotatable bonds is 5. The number of primary amides is 2. The van der Waals surface area contributed by atoms with Crippen molar-refractivity contribution in [2.24, 2.45) is 11.5 Å². The third kappa shape index (κ3) is 3.46. The first kappa shape index (κ1) is 17.7. The molecule has 114 valence electrons. The zero-order valence-corrected chi connectivity index (χ0v) is 14.7. The van der Waals surface area contributed by atoms with Crippen molar-refractivity contribution in [3.05, 3.63) is 31.2 Å². The summed E-state index contributed by atoms with van der Waals surface area (Å²) in [5.41, 5.74) is 9.68. The highest BCUT2D eigenvalue weighted by Crippen LogP contribution is 2.37. The van der Waals surface area contributed by atoms with Crippen LogP contribution in [0.25, 0.3) is 5.57 Å². The van der Waals surface area contributed by atoms with E-state index in [4.69, 9.17) is 20.9 Å². The van der Waals surface area contributed by atoms with Gasteiger partial charge in [-0.05, 0) is 44.6 Å². The summed E-state index contributed by atoms with van der Waals surface area (Å²) in [5.74, 6) is -3.13. The summed E-state index contributed by atoms with van der Waals surface area (Å²) in [6.07, 6.45) is 0. The van der Waals surface area contributed by atoms with E-state index in [0.29, 0.717) is 4.47 Å². The fraction of sp³-hybridized carbons (Fsp3) is 0.167. The van der Waals surface area contributed by atoms with Crippen molar-refractivity contribution < 1.29 is 23.5 Å². The van der Waals surface area contributed by atoms with Gasteiger partial charge < -0.3 is 20.9 Å². The minimum atomic E-state index is -1.04. The Labute approximate surface area is 141 Å². The largest absolute Gasteiger partial charge is 0.494 e. The van der Waals surface area contributed by atoms with Gasteiger partial charge in [-0.1, -0.05) is 0 Å². The average Bonchev–Trinajstić information content (AvgIpc) is 2.40. The van der Waals surface area contributed by atoms with Crippen LogP contribution < -0.4 is 16.2 Å². The molecule has 0 atom stereocenters. The number of benzene rings is 1. The van der Waals surface area contributed by atoms with Gasteiger partial charge in [0, 0.05) is 5.56 Å². The van der Waals surface area contributed by atoms with E-state index in [2.05, 4.69) is 15.9 Å². The zero-order valence-electron chi connectivity index (χ0n) is 11.0. The molecule has 0 unspecified atom stereocenters. The molecule has 9 heteroatoms. The van der Waals surface area contributed by atoms with Crippen LogP contribution in [0.3, 0.4) is 0 Å². The quantitative estimate of drug-likeness (QED) is 0.293. The van der Waals surface area contributed by atoms with Gasteiger partial charge in [-0.25, -0.2) is 4.39 Å². The van der Waals surface area contributed by atoms with Gasteiger partial charge in [-0.15, -0.1) is 0 Å². The predicted molar refractivity (Wildman–Crippen MR) is 85.7 cm³/mol. The molecule has 0 aliphatic rings. The van der Waals surface area contributed by atoms with Crippen LogP contribution in [0.5, 0.6) is 5.75 Å². The second-order valence-corrected chi connectivity index (χ2v) is 5.64. The highest BCUT2D eigenvalue weighted by Gasteiger charge is 2.26. The molecule has 1 aromatic rings. The standard InChI is InChI=1S/C12H11BrFIN2O4/c1-20-9-5(13)3-4(7(14)8(9)15)6(11(16)18)10(21-2)12(17)19/h3H,1-2H3,(H2,16,18)(H2,17,19)/b10-6+. The van der Waals surface area contributed by atoms with Crippen LogP contribution in [0.2, 0.25) is 0 Å². The summed E-state index contributed by atoms with van der Waals surface area (Å²) in [6.45, 7) is 0. The van der Waals surface area contributed by atoms with Gasteiger partial charge in [-0.3, -0.25) is 9.59 Å². The number of halogens is 3. The van der Waals surface area contributed by atoms with Gasteiger partial charge in [0.05, 0.1) is 27.8 Å². The number of carbonyl (C=O) groups is 2. The molecule has 6 nitrogen and oxygen atoms in total. The normalized spacial score (nSPS) is 11.7. The molecule has 0 aliphatic carbocycles. The summed E-state index contributed by atoms with van der Waals surface area (Å²) in [7, 11) is 2.50. The molecule has 2 amide bonds. The summed E-state index contributed by atoms with van der Waals surface area (Å²) < 4.78 is 24.7. The smallest absolute Gasteiger partial charge is 0.284 e. The minimum absolute atomic E-state index is 0.109. The first-order valence-corrected chi connectivity index (χ1v) is 7.23. The highest BCUT2D eigenvalue weighted by atomic mass is 127. The second kappa shape index (κ2) is 7.07. The molecule has 1 rings (SSSR count). The molecule has 0 saturated heterocycles. The third-order valence-electron chi connectivity index (χ3n) is 2.49. The van der Waals surface area contributed by atoms with Gasteiger partial charge in [0.2, 0.25) is 0 Å². The Morgan fingerprint density at radius 2 is 1.86 bits per heavy atom. The van der Waals surface area contributed by atoms with Crippen molar-refractivity contribution in [2.75, 3.05) is 14.2 Å². The molecule has 0 radical (unpaired) electrons. The van der Waals surface area contributed by atoms with Crippen molar-refractivity contribution in [3.8, 4) is 5.75 Å². The Morgan fingerprint density at radius 1 is 1.29 bits per heavy atom. The third-order valence-corrected chi connectivity index (χ3v) is 4.04. The lowest BCUT2D eigenvalue weighted by molar-refractivity contribution is -0.118. The number of hydrogen-bond acceptors (Lipinski definition) is 4. The van der Waals surface area contributed by atoms with E-state index in [1.807, 2.05) is 0 Å². The van der Waals surface area contributed by atoms with Gasteiger partial charge in [0.1, 0.15) is 11.6 Å². The lowest BCUT2D eigenvalue weighted by Crippen LogP contribution is -2.24. The maximum Gasteiger partial charge on any atom is 0.284 e. The van der Waals surface area contributed by atoms with Gasteiger partial charge >= 0.3 is 0 Å². The lowest BCUT2D eigenvalue weighted by Gasteiger charge is -2.14. The SMILES string of the molecule is CO/C(C(N)=O)=C(/C(N)=O)c1cc(Br)c(OC)c(I)c1F.